The highest BCUT2D eigenvalue weighted by Crippen LogP contribution is 2.41. The van der Waals surface area contributed by atoms with Crippen molar-refractivity contribution >= 4 is 0 Å². The number of hydrogen-bond donors (Lipinski definition) is 0. The zero-order chi connectivity index (χ0) is 10.2. The van der Waals surface area contributed by atoms with Crippen LogP contribution in [0.15, 0.2) is 0 Å². The molecule has 0 aliphatic carbocycles. The van der Waals surface area contributed by atoms with Crippen LogP contribution in [0.5, 0.6) is 0 Å². The second kappa shape index (κ2) is 3.82. The van der Waals surface area contributed by atoms with Gasteiger partial charge in [-0.1, -0.05) is 13.8 Å². The van der Waals surface area contributed by atoms with Gasteiger partial charge in [-0.2, -0.15) is 0 Å². The van der Waals surface area contributed by atoms with E-state index in [-0.39, 0.29) is 0 Å². The van der Waals surface area contributed by atoms with Crippen molar-refractivity contribution in [2.45, 2.75) is 39.2 Å². The van der Waals surface area contributed by atoms with Crippen molar-refractivity contribution < 1.29 is 0 Å². The van der Waals surface area contributed by atoms with Crippen LogP contribution in [0.1, 0.15) is 33.1 Å². The summed E-state index contributed by atoms with van der Waals surface area (Å²) in [5.74, 6) is 0. The Balaban J connectivity index is 2.04. The minimum absolute atomic E-state index is 0.649. The average Bonchev–Trinajstić information content (AvgIpc) is 2.56. The van der Waals surface area contributed by atoms with E-state index in [1.165, 1.54) is 45.4 Å². The molecule has 2 rings (SSSR count). The van der Waals surface area contributed by atoms with Crippen LogP contribution in [0.4, 0.5) is 0 Å². The Bertz CT molecular complexity index is 198. The van der Waals surface area contributed by atoms with Crippen LogP contribution in [0.3, 0.4) is 0 Å². The molecule has 0 amide bonds. The Morgan fingerprint density at radius 1 is 1.21 bits per heavy atom. The third-order valence-electron chi connectivity index (χ3n) is 4.51. The Morgan fingerprint density at radius 3 is 2.57 bits per heavy atom. The van der Waals surface area contributed by atoms with E-state index in [2.05, 4.69) is 30.7 Å². The van der Waals surface area contributed by atoms with Crippen molar-refractivity contribution in [3.8, 4) is 0 Å². The largest absolute Gasteiger partial charge is 0.304 e. The maximum atomic E-state index is 2.73. The fraction of sp³-hybridized carbons (Fsp3) is 1.00. The van der Waals surface area contributed by atoms with E-state index in [4.69, 9.17) is 0 Å². The summed E-state index contributed by atoms with van der Waals surface area (Å²) in [7, 11) is 2.26. The number of likely N-dealkylation sites (N-methyl/N-ethyl adjacent to an activating group) is 1. The van der Waals surface area contributed by atoms with E-state index in [1.807, 2.05) is 0 Å². The molecule has 2 nitrogen and oxygen atoms in total. The molecule has 0 spiro atoms. The van der Waals surface area contributed by atoms with Crippen molar-refractivity contribution in [1.29, 1.82) is 0 Å². The van der Waals surface area contributed by atoms with Crippen LogP contribution in [-0.2, 0) is 0 Å². The normalized spacial score (nSPS) is 33.2. The number of nitrogens with zero attached hydrogens (tertiary/aromatic N) is 2. The molecular formula is C12H24N2. The second-order valence-corrected chi connectivity index (χ2v) is 5.30. The Kier molecular flexibility index (Phi) is 2.85. The van der Waals surface area contributed by atoms with Crippen molar-refractivity contribution in [2.75, 3.05) is 33.2 Å². The summed E-state index contributed by atoms with van der Waals surface area (Å²) in [6.07, 6.45) is 4.16. The van der Waals surface area contributed by atoms with Crippen LogP contribution < -0.4 is 0 Å². The lowest BCUT2D eigenvalue weighted by molar-refractivity contribution is 0.122. The molecule has 0 N–H and O–H groups in total. The van der Waals surface area contributed by atoms with E-state index in [0.717, 1.165) is 6.04 Å². The van der Waals surface area contributed by atoms with Crippen molar-refractivity contribution in [3.63, 3.8) is 0 Å². The molecule has 0 unspecified atom stereocenters. The average molecular weight is 196 g/mol. The van der Waals surface area contributed by atoms with E-state index in [9.17, 15) is 0 Å². The molecule has 82 valence electrons. The first-order valence-electron chi connectivity index (χ1n) is 6.12. The predicted octanol–water partition coefficient (Wildman–Crippen LogP) is 1.81. The van der Waals surface area contributed by atoms with Gasteiger partial charge in [0.1, 0.15) is 0 Å². The summed E-state index contributed by atoms with van der Waals surface area (Å²) < 4.78 is 0. The third kappa shape index (κ3) is 1.70. The molecule has 0 aromatic rings. The summed E-state index contributed by atoms with van der Waals surface area (Å²) >= 11 is 0. The SMILES string of the molecule is CCC1(CC)C[C@H]2CN(C)CCN2C1. The summed E-state index contributed by atoms with van der Waals surface area (Å²) in [5, 5.41) is 0. The predicted molar refractivity (Wildman–Crippen MR) is 60.5 cm³/mol. The second-order valence-electron chi connectivity index (χ2n) is 5.30. The zero-order valence-electron chi connectivity index (χ0n) is 9.92. The van der Waals surface area contributed by atoms with Gasteiger partial charge >= 0.3 is 0 Å². The summed E-state index contributed by atoms with van der Waals surface area (Å²) in [4.78, 5) is 5.22. The van der Waals surface area contributed by atoms with Crippen LogP contribution >= 0.6 is 0 Å². The highest BCUT2D eigenvalue weighted by atomic mass is 15.3. The van der Waals surface area contributed by atoms with Gasteiger partial charge in [0.05, 0.1) is 0 Å². The fourth-order valence-corrected chi connectivity index (χ4v) is 3.21. The fourth-order valence-electron chi connectivity index (χ4n) is 3.21. The molecule has 2 heteroatoms. The molecule has 0 radical (unpaired) electrons. The number of piperazine rings is 1. The smallest absolute Gasteiger partial charge is 0.0229 e. The molecule has 2 aliphatic heterocycles. The van der Waals surface area contributed by atoms with Gasteiger partial charge in [-0.05, 0) is 31.7 Å². The Labute approximate surface area is 88.3 Å². The quantitative estimate of drug-likeness (QED) is 0.664. The molecule has 0 aromatic heterocycles. The van der Waals surface area contributed by atoms with Gasteiger partial charge in [0.2, 0.25) is 0 Å². The van der Waals surface area contributed by atoms with Crippen LogP contribution in [0.2, 0.25) is 0 Å². The lowest BCUT2D eigenvalue weighted by Gasteiger charge is -2.35. The zero-order valence-corrected chi connectivity index (χ0v) is 9.92. The van der Waals surface area contributed by atoms with Gasteiger partial charge in [-0.3, -0.25) is 4.90 Å². The highest BCUT2D eigenvalue weighted by molar-refractivity contribution is 4.97. The van der Waals surface area contributed by atoms with E-state index in [0.29, 0.717) is 5.41 Å². The number of hydrogen-bond acceptors (Lipinski definition) is 2. The number of rotatable bonds is 2. The standard InChI is InChI=1S/C12H24N2/c1-4-12(5-2)8-11-9-13(3)6-7-14(11)10-12/h11H,4-10H2,1-3H3/t11-/m0/s1. The first-order valence-corrected chi connectivity index (χ1v) is 6.12. The van der Waals surface area contributed by atoms with Gasteiger partial charge in [0, 0.05) is 32.2 Å². The summed E-state index contributed by atoms with van der Waals surface area (Å²) in [6.45, 7) is 9.94. The molecule has 0 bridgehead atoms. The summed E-state index contributed by atoms with van der Waals surface area (Å²) in [5.41, 5.74) is 0.649. The van der Waals surface area contributed by atoms with Gasteiger partial charge in [-0.15, -0.1) is 0 Å². The Morgan fingerprint density at radius 2 is 1.93 bits per heavy atom. The Hall–Kier alpha value is -0.0800. The molecule has 1 atom stereocenters. The van der Waals surface area contributed by atoms with E-state index < -0.39 is 0 Å². The number of fused-ring (bicyclic) bond motifs is 1. The van der Waals surface area contributed by atoms with Gasteiger partial charge in [-0.25, -0.2) is 0 Å². The van der Waals surface area contributed by atoms with Gasteiger partial charge in [0.15, 0.2) is 0 Å². The van der Waals surface area contributed by atoms with Crippen LogP contribution in [-0.4, -0.2) is 49.1 Å². The lowest BCUT2D eigenvalue weighted by Crippen LogP contribution is -2.48. The maximum absolute atomic E-state index is 2.73. The minimum Gasteiger partial charge on any atom is -0.304 e. The molecule has 2 aliphatic rings. The van der Waals surface area contributed by atoms with Gasteiger partial charge < -0.3 is 4.90 Å². The highest BCUT2D eigenvalue weighted by Gasteiger charge is 2.42. The topological polar surface area (TPSA) is 6.48 Å². The third-order valence-corrected chi connectivity index (χ3v) is 4.51. The first kappa shape index (κ1) is 10.4. The van der Waals surface area contributed by atoms with Crippen molar-refractivity contribution in [2.24, 2.45) is 5.41 Å². The molecule has 2 saturated heterocycles. The van der Waals surface area contributed by atoms with Crippen LogP contribution in [0, 0.1) is 5.41 Å². The van der Waals surface area contributed by atoms with Crippen molar-refractivity contribution in [3.05, 3.63) is 0 Å². The monoisotopic (exact) mass is 196 g/mol. The molecule has 14 heavy (non-hydrogen) atoms. The molecule has 2 heterocycles. The summed E-state index contributed by atoms with van der Waals surface area (Å²) in [6, 6.07) is 0.855. The molecule has 0 saturated carbocycles. The van der Waals surface area contributed by atoms with E-state index in [1.54, 1.807) is 0 Å². The molecule has 0 aromatic carbocycles. The van der Waals surface area contributed by atoms with E-state index >= 15 is 0 Å². The van der Waals surface area contributed by atoms with Crippen molar-refractivity contribution in [1.82, 2.24) is 9.80 Å². The molecular weight excluding hydrogens is 172 g/mol. The first-order chi connectivity index (χ1) is 6.69. The maximum Gasteiger partial charge on any atom is 0.0229 e. The van der Waals surface area contributed by atoms with Gasteiger partial charge in [0.25, 0.3) is 0 Å². The van der Waals surface area contributed by atoms with Crippen LogP contribution in [0.25, 0.3) is 0 Å². The minimum atomic E-state index is 0.649. The lowest BCUT2D eigenvalue weighted by atomic mass is 9.80. The molecule has 2 fully saturated rings.